The monoisotopic (exact) mass is 124 g/mol. The van der Waals surface area contributed by atoms with Crippen LogP contribution < -0.4 is 11.3 Å². The summed E-state index contributed by atoms with van der Waals surface area (Å²) in [5.74, 6) is 5.00. The van der Waals surface area contributed by atoms with Gasteiger partial charge in [0.05, 0.1) is 0 Å². The lowest BCUT2D eigenvalue weighted by Crippen LogP contribution is -2.21. The molecular weight excluding hydrogens is 112 g/mol. The minimum Gasteiger partial charge on any atom is -0.271 e. The average Bonchev–Trinajstić information content (AvgIpc) is 1.89. The number of allylic oxidation sites excluding steroid dienone is 4. The summed E-state index contributed by atoms with van der Waals surface area (Å²) >= 11 is 0. The number of rotatable bonds is 4. The average molecular weight is 124 g/mol. The van der Waals surface area contributed by atoms with Crippen molar-refractivity contribution in [1.82, 2.24) is 5.43 Å². The van der Waals surface area contributed by atoms with Crippen LogP contribution in [0.2, 0.25) is 0 Å². The fourth-order valence-corrected chi connectivity index (χ4v) is 0.357. The third-order valence-electron chi connectivity index (χ3n) is 0.730. The van der Waals surface area contributed by atoms with E-state index in [1.165, 1.54) is 0 Å². The van der Waals surface area contributed by atoms with Crippen LogP contribution in [-0.4, -0.2) is 6.54 Å². The van der Waals surface area contributed by atoms with Crippen LogP contribution in [0.25, 0.3) is 0 Å². The van der Waals surface area contributed by atoms with Gasteiger partial charge in [-0.3, -0.25) is 11.3 Å². The molecule has 0 aliphatic carbocycles. The van der Waals surface area contributed by atoms with Crippen molar-refractivity contribution in [2.24, 2.45) is 5.84 Å². The van der Waals surface area contributed by atoms with Crippen molar-refractivity contribution in [1.29, 1.82) is 0 Å². The molecule has 0 aliphatic heterocycles. The van der Waals surface area contributed by atoms with Crippen molar-refractivity contribution in [2.45, 2.75) is 0 Å². The van der Waals surface area contributed by atoms with Crippen molar-refractivity contribution in [3.8, 4) is 0 Å². The van der Waals surface area contributed by atoms with Crippen molar-refractivity contribution in [3.63, 3.8) is 0 Å². The molecular formula is C7H12N2. The maximum absolute atomic E-state index is 5.00. The van der Waals surface area contributed by atoms with E-state index in [0.717, 1.165) is 0 Å². The van der Waals surface area contributed by atoms with Crippen LogP contribution in [-0.2, 0) is 0 Å². The van der Waals surface area contributed by atoms with Gasteiger partial charge in [-0.05, 0) is 0 Å². The van der Waals surface area contributed by atoms with Crippen molar-refractivity contribution >= 4 is 0 Å². The van der Waals surface area contributed by atoms with E-state index < -0.39 is 0 Å². The van der Waals surface area contributed by atoms with Gasteiger partial charge in [0.1, 0.15) is 0 Å². The van der Waals surface area contributed by atoms with Gasteiger partial charge in [-0.1, -0.05) is 37.0 Å². The molecule has 0 aromatic heterocycles. The normalized spacial score (nSPS) is 11.2. The number of nitrogens with one attached hydrogen (secondary N) is 1. The Labute approximate surface area is 55.7 Å². The molecule has 0 unspecified atom stereocenters. The summed E-state index contributed by atoms with van der Waals surface area (Å²) in [6, 6.07) is 0. The van der Waals surface area contributed by atoms with E-state index in [1.54, 1.807) is 6.08 Å². The summed E-state index contributed by atoms with van der Waals surface area (Å²) in [5, 5.41) is 0. The molecule has 2 nitrogen and oxygen atoms in total. The lowest BCUT2D eigenvalue weighted by Gasteiger charge is -1.83. The molecule has 0 aromatic rings. The van der Waals surface area contributed by atoms with Crippen molar-refractivity contribution < 1.29 is 0 Å². The van der Waals surface area contributed by atoms with Crippen LogP contribution >= 0.6 is 0 Å². The van der Waals surface area contributed by atoms with E-state index >= 15 is 0 Å². The molecule has 0 heterocycles. The molecule has 0 saturated heterocycles. The van der Waals surface area contributed by atoms with Gasteiger partial charge in [0, 0.05) is 6.54 Å². The molecule has 50 valence electrons. The number of hydrazine groups is 1. The maximum atomic E-state index is 5.00. The number of nitrogens with two attached hydrogens (primary N) is 1. The molecule has 0 fully saturated rings. The quantitative estimate of drug-likeness (QED) is 0.329. The fraction of sp³-hybridized carbons (Fsp3) is 0.143. The first-order valence-electron chi connectivity index (χ1n) is 2.79. The summed E-state index contributed by atoms with van der Waals surface area (Å²) in [6.07, 6.45) is 9.29. The molecule has 0 spiro atoms. The highest BCUT2D eigenvalue weighted by Crippen LogP contribution is 1.75. The lowest BCUT2D eigenvalue weighted by molar-refractivity contribution is 0.823. The molecule has 0 amide bonds. The highest BCUT2D eigenvalue weighted by Gasteiger charge is 1.64. The van der Waals surface area contributed by atoms with Gasteiger partial charge in [0.15, 0.2) is 0 Å². The van der Waals surface area contributed by atoms with Crippen LogP contribution in [0.4, 0.5) is 0 Å². The molecule has 0 rings (SSSR count). The zero-order valence-corrected chi connectivity index (χ0v) is 5.38. The van der Waals surface area contributed by atoms with E-state index in [9.17, 15) is 0 Å². The smallest absolute Gasteiger partial charge is 0.0281 e. The molecule has 0 radical (unpaired) electrons. The molecule has 2 heteroatoms. The summed E-state index contributed by atoms with van der Waals surface area (Å²) in [6.45, 7) is 4.21. The summed E-state index contributed by atoms with van der Waals surface area (Å²) in [4.78, 5) is 0. The Morgan fingerprint density at radius 3 is 2.67 bits per heavy atom. The Morgan fingerprint density at radius 2 is 2.11 bits per heavy atom. The van der Waals surface area contributed by atoms with Gasteiger partial charge in [0.25, 0.3) is 0 Å². The highest BCUT2D eigenvalue weighted by atomic mass is 15.2. The van der Waals surface area contributed by atoms with Crippen molar-refractivity contribution in [2.75, 3.05) is 6.54 Å². The molecule has 0 bridgehead atoms. The molecule has 0 aromatic carbocycles. The second kappa shape index (κ2) is 7.14. The number of hydrogen-bond acceptors (Lipinski definition) is 2. The third-order valence-corrected chi connectivity index (χ3v) is 0.730. The van der Waals surface area contributed by atoms with Gasteiger partial charge in [-0.2, -0.15) is 0 Å². The lowest BCUT2D eigenvalue weighted by atomic mass is 10.4. The van der Waals surface area contributed by atoms with Crippen LogP contribution in [0.3, 0.4) is 0 Å². The van der Waals surface area contributed by atoms with E-state index in [2.05, 4.69) is 12.0 Å². The largest absolute Gasteiger partial charge is 0.271 e. The Morgan fingerprint density at radius 1 is 1.33 bits per heavy atom. The topological polar surface area (TPSA) is 38.0 Å². The molecule has 0 atom stereocenters. The van der Waals surface area contributed by atoms with Crippen molar-refractivity contribution in [3.05, 3.63) is 37.0 Å². The standard InChI is InChI=1S/C7H12N2/c1-2-3-4-5-6-7-9-8/h2-6,9H,1,7-8H2/b4-3-,6-5-. The van der Waals surface area contributed by atoms with Gasteiger partial charge in [-0.25, -0.2) is 0 Å². The Bertz CT molecular complexity index is 114. The second-order valence-electron chi connectivity index (χ2n) is 1.46. The SMILES string of the molecule is C=C/C=C\C=C/CNN. The first-order chi connectivity index (χ1) is 4.41. The van der Waals surface area contributed by atoms with Gasteiger partial charge < -0.3 is 0 Å². The summed E-state index contributed by atoms with van der Waals surface area (Å²) in [5.41, 5.74) is 2.50. The zero-order valence-electron chi connectivity index (χ0n) is 5.38. The minimum atomic E-state index is 0.696. The summed E-state index contributed by atoms with van der Waals surface area (Å²) in [7, 11) is 0. The molecule has 3 N–H and O–H groups in total. The first kappa shape index (κ1) is 8.14. The summed E-state index contributed by atoms with van der Waals surface area (Å²) < 4.78 is 0. The third kappa shape index (κ3) is 7.14. The van der Waals surface area contributed by atoms with E-state index in [0.29, 0.717) is 6.54 Å². The maximum Gasteiger partial charge on any atom is 0.0281 e. The minimum absolute atomic E-state index is 0.696. The van der Waals surface area contributed by atoms with E-state index in [4.69, 9.17) is 5.84 Å². The van der Waals surface area contributed by atoms with Crippen LogP contribution in [0.5, 0.6) is 0 Å². The molecule has 0 saturated carbocycles. The molecule has 0 aliphatic rings. The molecule has 9 heavy (non-hydrogen) atoms. The second-order valence-corrected chi connectivity index (χ2v) is 1.46. The van der Waals surface area contributed by atoms with E-state index in [1.807, 2.05) is 24.3 Å². The van der Waals surface area contributed by atoms with E-state index in [-0.39, 0.29) is 0 Å². The van der Waals surface area contributed by atoms with Gasteiger partial charge in [-0.15, -0.1) is 0 Å². The zero-order chi connectivity index (χ0) is 6.95. The van der Waals surface area contributed by atoms with Gasteiger partial charge in [0.2, 0.25) is 0 Å². The predicted octanol–water partition coefficient (Wildman–Crippen LogP) is 0.748. The Balaban J connectivity index is 3.23. The predicted molar refractivity (Wildman–Crippen MR) is 40.7 cm³/mol. The van der Waals surface area contributed by atoms with Crippen LogP contribution in [0.1, 0.15) is 0 Å². The Kier molecular flexibility index (Phi) is 6.46. The highest BCUT2D eigenvalue weighted by molar-refractivity contribution is 5.08. The van der Waals surface area contributed by atoms with Gasteiger partial charge >= 0.3 is 0 Å². The number of hydrogen-bond donors (Lipinski definition) is 2. The first-order valence-corrected chi connectivity index (χ1v) is 2.79. The van der Waals surface area contributed by atoms with Crippen LogP contribution in [0.15, 0.2) is 37.0 Å². The van der Waals surface area contributed by atoms with Crippen LogP contribution in [0, 0.1) is 0 Å². The fourth-order valence-electron chi connectivity index (χ4n) is 0.357. The Hall–Kier alpha value is -0.860.